The summed E-state index contributed by atoms with van der Waals surface area (Å²) < 4.78 is 5.81. The van der Waals surface area contributed by atoms with Crippen LogP contribution in [0.2, 0.25) is 0 Å². The molecule has 2 N–H and O–H groups in total. The molecule has 3 saturated carbocycles. The Labute approximate surface area is 246 Å². The van der Waals surface area contributed by atoms with E-state index >= 15 is 0 Å². The van der Waals surface area contributed by atoms with Gasteiger partial charge in [-0.1, -0.05) is 103 Å². The zero-order valence-corrected chi connectivity index (χ0v) is 26.4. The lowest BCUT2D eigenvalue weighted by Gasteiger charge is -2.44. The molecule has 5 atom stereocenters. The van der Waals surface area contributed by atoms with Crippen molar-refractivity contribution >= 4 is 6.09 Å². The van der Waals surface area contributed by atoms with Gasteiger partial charge in [0.15, 0.2) is 0 Å². The Kier molecular flexibility index (Phi) is 13.8. The highest BCUT2D eigenvalue weighted by Gasteiger charge is 2.50. The Morgan fingerprint density at radius 2 is 1.77 bits per heavy atom. The third-order valence-electron chi connectivity index (χ3n) is 10.5. The molecule has 0 bridgehead atoms. The summed E-state index contributed by atoms with van der Waals surface area (Å²) in [6.07, 6.45) is 24.1. The van der Waals surface area contributed by atoms with Crippen molar-refractivity contribution in [3.05, 3.63) is 35.5 Å². The highest BCUT2D eigenvalue weighted by Crippen LogP contribution is 2.60. The Balaban J connectivity index is 1.49. The van der Waals surface area contributed by atoms with Gasteiger partial charge in [0.05, 0.1) is 0 Å². The molecule has 0 heterocycles. The smallest absolute Gasteiger partial charge is 0.407 e. The van der Waals surface area contributed by atoms with E-state index in [0.717, 1.165) is 81.5 Å². The van der Waals surface area contributed by atoms with E-state index in [1.807, 2.05) is 0 Å². The second-order valence-electron chi connectivity index (χ2n) is 14.0. The van der Waals surface area contributed by atoms with E-state index in [1.165, 1.54) is 62.5 Å². The normalized spacial score (nSPS) is 29.6. The lowest BCUT2D eigenvalue weighted by molar-refractivity contribution is 0.0892. The van der Waals surface area contributed by atoms with E-state index in [2.05, 4.69) is 51.7 Å². The van der Waals surface area contributed by atoms with Crippen LogP contribution in [0.5, 0.6) is 0 Å². The largest absolute Gasteiger partial charge is 0.446 e. The minimum absolute atomic E-state index is 0.0622. The fourth-order valence-electron chi connectivity index (χ4n) is 8.07. The summed E-state index contributed by atoms with van der Waals surface area (Å²) in [4.78, 5) is 12.4. The second kappa shape index (κ2) is 16.8. The number of ether oxygens (including phenoxy) is 1. The van der Waals surface area contributed by atoms with E-state index < -0.39 is 0 Å². The number of fused-ring (bicyclic) bond motifs is 1. The lowest BCUT2D eigenvalue weighted by Crippen LogP contribution is -2.36. The maximum absolute atomic E-state index is 12.4. The van der Waals surface area contributed by atoms with Crippen LogP contribution in [-0.2, 0) is 4.74 Å². The van der Waals surface area contributed by atoms with Crippen molar-refractivity contribution in [1.82, 2.24) is 5.32 Å². The summed E-state index contributed by atoms with van der Waals surface area (Å²) in [7, 11) is 0. The monoisotopic (exact) mass is 555 g/mol. The first-order chi connectivity index (χ1) is 19.2. The lowest BCUT2D eigenvalue weighted by atomic mass is 9.60. The number of hydrogen-bond donors (Lipinski definition) is 2. The Morgan fingerprint density at radius 3 is 2.52 bits per heavy atom. The zero-order valence-electron chi connectivity index (χ0n) is 26.4. The quantitative estimate of drug-likeness (QED) is 0.198. The molecule has 3 aliphatic rings. The van der Waals surface area contributed by atoms with Crippen LogP contribution in [0.3, 0.4) is 0 Å². The van der Waals surface area contributed by atoms with E-state index in [0.29, 0.717) is 12.0 Å². The van der Waals surface area contributed by atoms with Crippen LogP contribution >= 0.6 is 0 Å². The molecular weight excluding hydrogens is 494 g/mol. The summed E-state index contributed by atoms with van der Waals surface area (Å²) in [5, 5.41) is 11.8. The van der Waals surface area contributed by atoms with E-state index in [4.69, 9.17) is 9.84 Å². The molecule has 0 unspecified atom stereocenters. The van der Waals surface area contributed by atoms with Gasteiger partial charge in [0, 0.05) is 19.6 Å². The molecular formula is C36H61NO3. The predicted octanol–water partition coefficient (Wildman–Crippen LogP) is 9.69. The molecule has 40 heavy (non-hydrogen) atoms. The van der Waals surface area contributed by atoms with E-state index in [9.17, 15) is 4.79 Å². The van der Waals surface area contributed by atoms with Gasteiger partial charge in [0.1, 0.15) is 6.10 Å². The first kappa shape index (κ1) is 33.0. The maximum Gasteiger partial charge on any atom is 0.407 e. The van der Waals surface area contributed by atoms with Gasteiger partial charge in [-0.2, -0.15) is 0 Å². The number of rotatable bonds is 15. The van der Waals surface area contributed by atoms with Crippen molar-refractivity contribution in [3.63, 3.8) is 0 Å². The van der Waals surface area contributed by atoms with Gasteiger partial charge in [0.25, 0.3) is 0 Å². The van der Waals surface area contributed by atoms with Crippen molar-refractivity contribution in [1.29, 1.82) is 0 Å². The number of amides is 1. The average molecular weight is 556 g/mol. The van der Waals surface area contributed by atoms with Crippen molar-refractivity contribution < 1.29 is 14.6 Å². The van der Waals surface area contributed by atoms with Crippen molar-refractivity contribution in [2.24, 2.45) is 29.1 Å². The third kappa shape index (κ3) is 9.78. The second-order valence-corrected chi connectivity index (χ2v) is 14.0. The van der Waals surface area contributed by atoms with Gasteiger partial charge in [-0.25, -0.2) is 4.79 Å². The van der Waals surface area contributed by atoms with E-state index in [-0.39, 0.29) is 18.8 Å². The van der Waals surface area contributed by atoms with Crippen LogP contribution in [0, 0.1) is 29.1 Å². The van der Waals surface area contributed by atoms with Crippen molar-refractivity contribution in [2.75, 3.05) is 13.2 Å². The minimum Gasteiger partial charge on any atom is -0.446 e. The SMILES string of the molecule is C=C1CC[C@H](OC(=O)NCCCCCCCCO)C/C1=C/C=C1\CCC[C@]2(C)[C@@H]([C@H](C)CCCC(C)C)CC[C@@H]12. The molecule has 3 rings (SSSR count). The van der Waals surface area contributed by atoms with Crippen LogP contribution in [0.4, 0.5) is 4.79 Å². The molecule has 0 radical (unpaired) electrons. The number of carbonyl (C=O) groups excluding carboxylic acids is 1. The number of aliphatic hydroxyl groups is 1. The van der Waals surface area contributed by atoms with Crippen LogP contribution in [0.15, 0.2) is 35.5 Å². The number of carbonyl (C=O) groups is 1. The highest BCUT2D eigenvalue weighted by molar-refractivity contribution is 5.67. The third-order valence-corrected chi connectivity index (χ3v) is 10.5. The number of allylic oxidation sites excluding steroid dienone is 4. The van der Waals surface area contributed by atoms with Crippen molar-refractivity contribution in [3.8, 4) is 0 Å². The van der Waals surface area contributed by atoms with E-state index in [1.54, 1.807) is 5.57 Å². The number of nitrogens with one attached hydrogen (secondary N) is 1. The van der Waals surface area contributed by atoms with Gasteiger partial charge in [-0.05, 0) is 92.4 Å². The molecule has 0 saturated heterocycles. The zero-order chi connectivity index (χ0) is 29.0. The number of hydrogen-bond acceptors (Lipinski definition) is 3. The summed E-state index contributed by atoms with van der Waals surface area (Å²) in [5.74, 6) is 3.22. The Hall–Kier alpha value is -1.55. The van der Waals surface area contributed by atoms with Gasteiger partial charge in [0.2, 0.25) is 0 Å². The van der Waals surface area contributed by atoms with Gasteiger partial charge < -0.3 is 15.2 Å². The first-order valence-electron chi connectivity index (χ1n) is 16.9. The molecule has 1 amide bonds. The highest BCUT2D eigenvalue weighted by atomic mass is 16.6. The summed E-state index contributed by atoms with van der Waals surface area (Å²) in [5.41, 5.74) is 4.58. The molecule has 4 nitrogen and oxygen atoms in total. The van der Waals surface area contributed by atoms with Crippen LogP contribution in [0.1, 0.15) is 137 Å². The molecule has 228 valence electrons. The number of alkyl carbamates (subject to hydrolysis) is 1. The summed E-state index contributed by atoms with van der Waals surface area (Å²) in [6.45, 7) is 15.1. The Bertz CT molecular complexity index is 858. The topological polar surface area (TPSA) is 58.6 Å². The maximum atomic E-state index is 12.4. The standard InChI is InChI=1S/C36H61NO3/c1-27(2)14-12-15-29(4)33-21-22-34-30(16-13-23-36(33,34)5)18-19-31-26-32(20-17-28(31)3)40-35(39)37-24-10-8-6-7-9-11-25-38/h18-19,27,29,32-34,38H,3,6-17,20-26H2,1-2,4-5H3,(H,37,39)/b30-18+,31-19-/t29-,32+,33-,34+,36-/m1/s1. The number of aliphatic hydroxyl groups excluding tert-OH is 1. The molecule has 3 fully saturated rings. The molecule has 0 aromatic rings. The van der Waals surface area contributed by atoms with Gasteiger partial charge in [-0.15, -0.1) is 0 Å². The Morgan fingerprint density at radius 1 is 1.02 bits per heavy atom. The summed E-state index contributed by atoms with van der Waals surface area (Å²) in [6, 6.07) is 0. The molecule has 4 heteroatoms. The molecule has 0 aliphatic heterocycles. The fraction of sp³-hybridized carbons (Fsp3) is 0.806. The molecule has 0 spiro atoms. The van der Waals surface area contributed by atoms with Gasteiger partial charge >= 0.3 is 6.09 Å². The van der Waals surface area contributed by atoms with Crippen molar-refractivity contribution in [2.45, 2.75) is 143 Å². The van der Waals surface area contributed by atoms with Crippen LogP contribution < -0.4 is 5.32 Å². The number of unbranched alkanes of at least 4 members (excludes halogenated alkanes) is 5. The van der Waals surface area contributed by atoms with Crippen LogP contribution in [0.25, 0.3) is 0 Å². The average Bonchev–Trinajstić information content (AvgIpc) is 3.28. The predicted molar refractivity (Wildman–Crippen MR) is 168 cm³/mol. The van der Waals surface area contributed by atoms with Gasteiger partial charge in [-0.3, -0.25) is 0 Å². The first-order valence-corrected chi connectivity index (χ1v) is 16.9. The summed E-state index contributed by atoms with van der Waals surface area (Å²) >= 11 is 0. The molecule has 0 aromatic carbocycles. The fourth-order valence-corrected chi connectivity index (χ4v) is 8.07. The minimum atomic E-state index is -0.280. The van der Waals surface area contributed by atoms with Crippen LogP contribution in [-0.4, -0.2) is 30.5 Å². The molecule has 0 aromatic heterocycles. The molecule has 3 aliphatic carbocycles.